The minimum absolute atomic E-state index is 0.909. The highest BCUT2D eigenvalue weighted by Crippen LogP contribution is 2.24. The lowest BCUT2D eigenvalue weighted by molar-refractivity contribution is 0.270. The van der Waals surface area contributed by atoms with Crippen molar-refractivity contribution in [2.45, 2.75) is 33.2 Å². The van der Waals surface area contributed by atoms with Gasteiger partial charge < -0.3 is 9.30 Å². The number of para-hydroxylation sites is 2. The van der Waals surface area contributed by atoms with Gasteiger partial charge in [0.2, 0.25) is 0 Å². The van der Waals surface area contributed by atoms with Gasteiger partial charge in [-0.05, 0) is 43.8 Å². The van der Waals surface area contributed by atoms with E-state index in [2.05, 4.69) is 53.8 Å². The number of methoxy groups -OCH3 is 1. The Labute approximate surface area is 128 Å². The topological polar surface area (TPSA) is 17.4 Å². The third kappa shape index (κ3) is 3.88. The van der Waals surface area contributed by atoms with Crippen LogP contribution >= 0.6 is 0 Å². The molecule has 1 aromatic heterocycles. The summed E-state index contributed by atoms with van der Waals surface area (Å²) >= 11 is 0. The number of rotatable bonds is 8. The number of aromatic nitrogens is 1. The second-order valence-corrected chi connectivity index (χ2v) is 5.26. The highest BCUT2D eigenvalue weighted by Gasteiger charge is 2.11. The first-order valence-electron chi connectivity index (χ1n) is 7.82. The summed E-state index contributed by atoms with van der Waals surface area (Å²) in [5, 5.41) is 0. The Balaban J connectivity index is 2.22. The van der Waals surface area contributed by atoms with E-state index < -0.39 is 0 Å². The zero-order valence-corrected chi connectivity index (χ0v) is 13.4. The van der Waals surface area contributed by atoms with E-state index in [1.165, 1.54) is 18.5 Å². The van der Waals surface area contributed by atoms with E-state index in [0.717, 1.165) is 31.1 Å². The third-order valence-corrected chi connectivity index (χ3v) is 3.84. The molecule has 0 aliphatic heterocycles. The Kier molecular flexibility index (Phi) is 5.88. The summed E-state index contributed by atoms with van der Waals surface area (Å²) in [6.45, 7) is 7.68. The summed E-state index contributed by atoms with van der Waals surface area (Å²) < 4.78 is 7.72. The third-order valence-electron chi connectivity index (χ3n) is 3.84. The van der Waals surface area contributed by atoms with Crippen molar-refractivity contribution in [1.82, 2.24) is 9.47 Å². The Morgan fingerprint density at radius 3 is 2.62 bits per heavy atom. The summed E-state index contributed by atoms with van der Waals surface area (Å²) in [6.07, 6.45) is 4.61. The zero-order chi connectivity index (χ0) is 15.1. The van der Waals surface area contributed by atoms with Crippen molar-refractivity contribution in [2.24, 2.45) is 0 Å². The van der Waals surface area contributed by atoms with Gasteiger partial charge in [-0.2, -0.15) is 0 Å². The molecule has 0 saturated heterocycles. The molecule has 0 aliphatic carbocycles. The van der Waals surface area contributed by atoms with Crippen molar-refractivity contribution < 1.29 is 4.74 Å². The van der Waals surface area contributed by atoms with Crippen molar-refractivity contribution in [2.75, 3.05) is 20.2 Å². The molecule has 1 heterocycles. The Hall–Kier alpha value is -1.74. The van der Waals surface area contributed by atoms with E-state index in [1.807, 2.05) is 12.1 Å². The number of benzene rings is 1. The summed E-state index contributed by atoms with van der Waals surface area (Å²) in [6, 6.07) is 12.5. The fourth-order valence-electron chi connectivity index (χ4n) is 2.57. The van der Waals surface area contributed by atoms with E-state index in [0.29, 0.717) is 0 Å². The predicted octanol–water partition coefficient (Wildman–Crippen LogP) is 4.11. The largest absolute Gasteiger partial charge is 0.495 e. The number of nitrogens with zero attached hydrogens (tertiary/aromatic N) is 2. The molecule has 114 valence electrons. The lowest BCUT2D eigenvalue weighted by Crippen LogP contribution is -2.25. The van der Waals surface area contributed by atoms with Crippen LogP contribution < -0.4 is 4.74 Å². The molecule has 0 aliphatic rings. The molecule has 0 atom stereocenters. The average molecular weight is 286 g/mol. The van der Waals surface area contributed by atoms with Gasteiger partial charge in [0.05, 0.1) is 12.8 Å². The van der Waals surface area contributed by atoms with Gasteiger partial charge in [-0.3, -0.25) is 4.90 Å². The molecule has 0 fully saturated rings. The highest BCUT2D eigenvalue weighted by atomic mass is 16.5. The van der Waals surface area contributed by atoms with Crippen LogP contribution in [0.4, 0.5) is 0 Å². The maximum atomic E-state index is 5.49. The van der Waals surface area contributed by atoms with Crippen molar-refractivity contribution in [3.8, 4) is 11.4 Å². The first kappa shape index (κ1) is 15.6. The van der Waals surface area contributed by atoms with Crippen molar-refractivity contribution in [3.63, 3.8) is 0 Å². The lowest BCUT2D eigenvalue weighted by atomic mass is 10.2. The molecule has 1 aromatic carbocycles. The number of hydrogen-bond donors (Lipinski definition) is 0. The Morgan fingerprint density at radius 1 is 1.10 bits per heavy atom. The number of unbranched alkanes of at least 4 members (excludes halogenated alkanes) is 1. The minimum Gasteiger partial charge on any atom is -0.495 e. The molecule has 0 saturated carbocycles. The van der Waals surface area contributed by atoms with Gasteiger partial charge in [-0.15, -0.1) is 0 Å². The molecule has 2 rings (SSSR count). The Bertz CT molecular complexity index is 548. The first-order chi connectivity index (χ1) is 10.3. The van der Waals surface area contributed by atoms with Gasteiger partial charge in [0, 0.05) is 18.4 Å². The quantitative estimate of drug-likeness (QED) is 0.726. The lowest BCUT2D eigenvalue weighted by Gasteiger charge is -2.21. The fraction of sp³-hybridized carbons (Fsp3) is 0.444. The van der Waals surface area contributed by atoms with Crippen LogP contribution in [0.2, 0.25) is 0 Å². The van der Waals surface area contributed by atoms with Gasteiger partial charge in [0.15, 0.2) is 0 Å². The van der Waals surface area contributed by atoms with Crippen LogP contribution in [0, 0.1) is 0 Å². The van der Waals surface area contributed by atoms with Crippen molar-refractivity contribution in [3.05, 3.63) is 48.3 Å². The maximum Gasteiger partial charge on any atom is 0.142 e. The minimum atomic E-state index is 0.909. The molecule has 0 unspecified atom stereocenters. The summed E-state index contributed by atoms with van der Waals surface area (Å²) in [4.78, 5) is 2.49. The van der Waals surface area contributed by atoms with E-state index in [9.17, 15) is 0 Å². The summed E-state index contributed by atoms with van der Waals surface area (Å²) in [5.41, 5.74) is 2.41. The second-order valence-electron chi connectivity index (χ2n) is 5.26. The van der Waals surface area contributed by atoms with Crippen LogP contribution in [0.1, 0.15) is 32.4 Å². The molecule has 0 amide bonds. The summed E-state index contributed by atoms with van der Waals surface area (Å²) in [7, 11) is 1.72. The highest BCUT2D eigenvalue weighted by molar-refractivity contribution is 5.48. The zero-order valence-electron chi connectivity index (χ0n) is 13.4. The van der Waals surface area contributed by atoms with Crippen LogP contribution in [0.25, 0.3) is 5.69 Å². The van der Waals surface area contributed by atoms with Crippen LogP contribution in [-0.2, 0) is 6.54 Å². The molecule has 3 heteroatoms. The Morgan fingerprint density at radius 2 is 1.90 bits per heavy atom. The molecule has 0 spiro atoms. The molecule has 21 heavy (non-hydrogen) atoms. The van der Waals surface area contributed by atoms with E-state index in [-0.39, 0.29) is 0 Å². The van der Waals surface area contributed by atoms with E-state index in [4.69, 9.17) is 4.74 Å². The van der Waals surface area contributed by atoms with Crippen LogP contribution in [0.15, 0.2) is 42.6 Å². The van der Waals surface area contributed by atoms with Crippen LogP contribution in [0.3, 0.4) is 0 Å². The molecule has 0 N–H and O–H groups in total. The van der Waals surface area contributed by atoms with E-state index >= 15 is 0 Å². The smallest absolute Gasteiger partial charge is 0.142 e. The second kappa shape index (κ2) is 7.89. The molecular weight excluding hydrogens is 260 g/mol. The molecule has 3 nitrogen and oxygen atoms in total. The molecule has 0 bridgehead atoms. The fourth-order valence-corrected chi connectivity index (χ4v) is 2.57. The first-order valence-corrected chi connectivity index (χ1v) is 7.82. The van der Waals surface area contributed by atoms with Gasteiger partial charge in [0.25, 0.3) is 0 Å². The normalized spacial score (nSPS) is 11.0. The molecular formula is C18H26N2O. The molecule has 0 radical (unpaired) electrons. The van der Waals surface area contributed by atoms with Crippen molar-refractivity contribution >= 4 is 0 Å². The van der Waals surface area contributed by atoms with Gasteiger partial charge in [-0.1, -0.05) is 32.4 Å². The summed E-state index contributed by atoms with van der Waals surface area (Å²) in [5.74, 6) is 0.909. The number of hydrogen-bond acceptors (Lipinski definition) is 2. The maximum absolute atomic E-state index is 5.49. The van der Waals surface area contributed by atoms with Gasteiger partial charge in [0.1, 0.15) is 5.75 Å². The van der Waals surface area contributed by atoms with E-state index in [1.54, 1.807) is 7.11 Å². The van der Waals surface area contributed by atoms with Crippen LogP contribution in [-0.4, -0.2) is 29.7 Å². The molecule has 2 aromatic rings. The van der Waals surface area contributed by atoms with Crippen LogP contribution in [0.5, 0.6) is 5.75 Å². The monoisotopic (exact) mass is 286 g/mol. The number of ether oxygens (including phenoxy) is 1. The SMILES string of the molecule is CCCCN(CC)Cc1cccn1-c1ccccc1OC. The average Bonchev–Trinajstić information content (AvgIpc) is 2.99. The standard InChI is InChI=1S/C18H26N2O/c1-4-6-13-19(5-2)15-16-10-9-14-20(16)17-11-7-8-12-18(17)21-3/h7-12,14H,4-6,13,15H2,1-3H3. The van der Waals surface area contributed by atoms with Crippen molar-refractivity contribution in [1.29, 1.82) is 0 Å². The van der Waals surface area contributed by atoms with Gasteiger partial charge in [-0.25, -0.2) is 0 Å². The predicted molar refractivity (Wildman–Crippen MR) is 88.2 cm³/mol. The van der Waals surface area contributed by atoms with Gasteiger partial charge >= 0.3 is 0 Å².